The number of nitrogens with one attached hydrogen (secondary N) is 1. The number of aromatic nitrogens is 1. The first-order valence-corrected chi connectivity index (χ1v) is 7.06. The summed E-state index contributed by atoms with van der Waals surface area (Å²) >= 11 is 6.06. The lowest BCUT2D eigenvalue weighted by Crippen LogP contribution is -2.07. The lowest BCUT2D eigenvalue weighted by Gasteiger charge is -2.10. The Bertz CT molecular complexity index is 698. The minimum Gasteiger partial charge on any atom is -0.493 e. The second-order valence-corrected chi connectivity index (χ2v) is 4.94. The molecule has 1 aromatic heterocycles. The highest BCUT2D eigenvalue weighted by Crippen LogP contribution is 2.27. The van der Waals surface area contributed by atoms with Gasteiger partial charge in [0, 0.05) is 12.7 Å². The Morgan fingerprint density at radius 1 is 1.23 bits per heavy atom. The minimum absolute atomic E-state index is 0.436. The summed E-state index contributed by atoms with van der Waals surface area (Å²) in [6, 6.07) is 9.39. The van der Waals surface area contributed by atoms with Gasteiger partial charge in [-0.3, -0.25) is 0 Å². The summed E-state index contributed by atoms with van der Waals surface area (Å²) in [5.74, 6) is 1.98. The van der Waals surface area contributed by atoms with Crippen LogP contribution in [0.4, 0.5) is 5.82 Å². The summed E-state index contributed by atoms with van der Waals surface area (Å²) in [6.45, 7) is 0.661. The third kappa shape index (κ3) is 3.80. The predicted molar refractivity (Wildman–Crippen MR) is 85.7 cm³/mol. The molecular weight excluding hydrogens is 302 g/mol. The van der Waals surface area contributed by atoms with Gasteiger partial charge in [0.1, 0.15) is 11.9 Å². The Hall–Kier alpha value is -2.45. The van der Waals surface area contributed by atoms with Crippen LogP contribution in [0.1, 0.15) is 11.1 Å². The van der Waals surface area contributed by atoms with E-state index in [1.54, 1.807) is 20.3 Å². The Labute approximate surface area is 134 Å². The van der Waals surface area contributed by atoms with Crippen LogP contribution in [-0.2, 0) is 6.42 Å². The molecule has 0 atom stereocenters. The zero-order chi connectivity index (χ0) is 15.9. The fourth-order valence-electron chi connectivity index (χ4n) is 1.99. The summed E-state index contributed by atoms with van der Waals surface area (Å²) in [7, 11) is 3.22. The van der Waals surface area contributed by atoms with Crippen LogP contribution in [0.5, 0.6) is 11.5 Å². The van der Waals surface area contributed by atoms with Gasteiger partial charge in [0.2, 0.25) is 0 Å². The number of hydrogen-bond donors (Lipinski definition) is 1. The molecule has 0 aliphatic carbocycles. The van der Waals surface area contributed by atoms with E-state index in [9.17, 15) is 0 Å². The molecule has 2 rings (SSSR count). The number of methoxy groups -OCH3 is 2. The topological polar surface area (TPSA) is 67.2 Å². The molecule has 5 nitrogen and oxygen atoms in total. The first-order chi connectivity index (χ1) is 10.7. The summed E-state index contributed by atoms with van der Waals surface area (Å²) < 4.78 is 10.5. The summed E-state index contributed by atoms with van der Waals surface area (Å²) in [4.78, 5) is 4.13. The van der Waals surface area contributed by atoms with Crippen LogP contribution in [0, 0.1) is 11.3 Å². The normalized spacial score (nSPS) is 9.91. The van der Waals surface area contributed by atoms with E-state index in [0.717, 1.165) is 12.0 Å². The SMILES string of the molecule is COc1ccc(CCNc2ncc(C#N)cc2Cl)cc1OC. The number of benzene rings is 1. The molecule has 0 fully saturated rings. The number of pyridine rings is 1. The van der Waals surface area contributed by atoms with E-state index >= 15 is 0 Å². The van der Waals surface area contributed by atoms with Crippen molar-refractivity contribution in [2.45, 2.75) is 6.42 Å². The molecule has 22 heavy (non-hydrogen) atoms. The van der Waals surface area contributed by atoms with Crippen LogP contribution in [-0.4, -0.2) is 25.7 Å². The van der Waals surface area contributed by atoms with Gasteiger partial charge in [-0.05, 0) is 30.2 Å². The van der Waals surface area contributed by atoms with E-state index < -0.39 is 0 Å². The number of nitrogens with zero attached hydrogens (tertiary/aromatic N) is 2. The van der Waals surface area contributed by atoms with E-state index in [1.165, 1.54) is 6.20 Å². The standard InChI is InChI=1S/C16H16ClN3O2/c1-21-14-4-3-11(8-15(14)22-2)5-6-19-16-13(17)7-12(9-18)10-20-16/h3-4,7-8,10H,5-6H2,1-2H3,(H,19,20). The van der Waals surface area contributed by atoms with E-state index in [4.69, 9.17) is 26.3 Å². The monoisotopic (exact) mass is 317 g/mol. The van der Waals surface area contributed by atoms with Crippen LogP contribution in [0.25, 0.3) is 0 Å². The fourth-order valence-corrected chi connectivity index (χ4v) is 2.22. The number of rotatable bonds is 6. The van der Waals surface area contributed by atoms with Crippen molar-refractivity contribution in [2.75, 3.05) is 26.1 Å². The van der Waals surface area contributed by atoms with E-state index in [0.29, 0.717) is 34.4 Å². The first kappa shape index (κ1) is 15.9. The van der Waals surface area contributed by atoms with Crippen LogP contribution >= 0.6 is 11.6 Å². The molecule has 0 radical (unpaired) electrons. The van der Waals surface area contributed by atoms with Crippen molar-refractivity contribution in [1.82, 2.24) is 4.98 Å². The highest BCUT2D eigenvalue weighted by atomic mass is 35.5. The Morgan fingerprint density at radius 2 is 2.00 bits per heavy atom. The molecule has 1 N–H and O–H groups in total. The maximum Gasteiger partial charge on any atom is 0.160 e. The molecule has 0 saturated carbocycles. The fraction of sp³-hybridized carbons (Fsp3) is 0.250. The third-order valence-electron chi connectivity index (χ3n) is 3.12. The van der Waals surface area contributed by atoms with Crippen molar-refractivity contribution in [2.24, 2.45) is 0 Å². The van der Waals surface area contributed by atoms with Crippen molar-refractivity contribution in [3.63, 3.8) is 0 Å². The second-order valence-electron chi connectivity index (χ2n) is 4.53. The van der Waals surface area contributed by atoms with Gasteiger partial charge in [-0.1, -0.05) is 17.7 Å². The highest BCUT2D eigenvalue weighted by Gasteiger charge is 2.06. The lowest BCUT2D eigenvalue weighted by molar-refractivity contribution is 0.354. The molecule has 1 heterocycles. The molecule has 6 heteroatoms. The van der Waals surface area contributed by atoms with Gasteiger partial charge in [0.25, 0.3) is 0 Å². The largest absolute Gasteiger partial charge is 0.493 e. The van der Waals surface area contributed by atoms with Crippen LogP contribution in [0.15, 0.2) is 30.5 Å². The zero-order valence-electron chi connectivity index (χ0n) is 12.4. The third-order valence-corrected chi connectivity index (χ3v) is 3.41. The molecule has 0 spiro atoms. The maximum absolute atomic E-state index is 8.78. The molecule has 0 saturated heterocycles. The molecule has 0 bridgehead atoms. The van der Waals surface area contributed by atoms with Gasteiger partial charge in [-0.15, -0.1) is 0 Å². The average molecular weight is 318 g/mol. The van der Waals surface area contributed by atoms with Crippen molar-refractivity contribution >= 4 is 17.4 Å². The quantitative estimate of drug-likeness (QED) is 0.885. The van der Waals surface area contributed by atoms with Crippen molar-refractivity contribution in [3.8, 4) is 17.6 Å². The number of anilines is 1. The van der Waals surface area contributed by atoms with E-state index in [1.807, 2.05) is 24.3 Å². The molecule has 0 aliphatic heterocycles. The predicted octanol–water partition coefficient (Wildman–Crippen LogP) is 3.28. The van der Waals surface area contributed by atoms with Crippen LogP contribution < -0.4 is 14.8 Å². The molecule has 0 amide bonds. The van der Waals surface area contributed by atoms with E-state index in [-0.39, 0.29) is 0 Å². The number of halogens is 1. The second kappa shape index (κ2) is 7.53. The summed E-state index contributed by atoms with van der Waals surface area (Å²) in [5.41, 5.74) is 1.55. The Balaban J connectivity index is 1.98. The van der Waals surface area contributed by atoms with E-state index in [2.05, 4.69) is 10.3 Å². The molecule has 114 valence electrons. The van der Waals surface area contributed by atoms with Gasteiger partial charge in [0.05, 0.1) is 24.8 Å². The lowest BCUT2D eigenvalue weighted by atomic mass is 10.1. The van der Waals surface area contributed by atoms with Gasteiger partial charge >= 0.3 is 0 Å². The van der Waals surface area contributed by atoms with Crippen molar-refractivity contribution < 1.29 is 9.47 Å². The Morgan fingerprint density at radius 3 is 2.64 bits per heavy atom. The molecule has 0 aliphatic rings. The summed E-state index contributed by atoms with van der Waals surface area (Å²) in [5, 5.41) is 12.4. The Kier molecular flexibility index (Phi) is 5.45. The van der Waals surface area contributed by atoms with Gasteiger partial charge in [-0.25, -0.2) is 4.98 Å². The van der Waals surface area contributed by atoms with Crippen molar-refractivity contribution in [1.29, 1.82) is 5.26 Å². The zero-order valence-corrected chi connectivity index (χ0v) is 13.1. The van der Waals surface area contributed by atoms with Crippen LogP contribution in [0.3, 0.4) is 0 Å². The number of nitriles is 1. The number of hydrogen-bond acceptors (Lipinski definition) is 5. The average Bonchev–Trinajstić information content (AvgIpc) is 2.56. The van der Waals surface area contributed by atoms with Gasteiger partial charge < -0.3 is 14.8 Å². The first-order valence-electron chi connectivity index (χ1n) is 6.68. The van der Waals surface area contributed by atoms with Gasteiger partial charge in [-0.2, -0.15) is 5.26 Å². The minimum atomic E-state index is 0.436. The van der Waals surface area contributed by atoms with Crippen LogP contribution in [0.2, 0.25) is 5.02 Å². The number of ether oxygens (including phenoxy) is 2. The van der Waals surface area contributed by atoms with Gasteiger partial charge in [0.15, 0.2) is 11.5 Å². The summed E-state index contributed by atoms with van der Waals surface area (Å²) in [6.07, 6.45) is 2.27. The molecule has 1 aromatic carbocycles. The maximum atomic E-state index is 8.78. The molecular formula is C16H16ClN3O2. The smallest absolute Gasteiger partial charge is 0.160 e. The van der Waals surface area contributed by atoms with Crippen molar-refractivity contribution in [3.05, 3.63) is 46.6 Å². The molecule has 2 aromatic rings. The molecule has 0 unspecified atom stereocenters. The highest BCUT2D eigenvalue weighted by molar-refractivity contribution is 6.33.